The zero-order chi connectivity index (χ0) is 7.97. The second kappa shape index (κ2) is 2.36. The van der Waals surface area contributed by atoms with Gasteiger partial charge in [-0.2, -0.15) is 0 Å². The Morgan fingerprint density at radius 1 is 1.42 bits per heavy atom. The highest BCUT2D eigenvalue weighted by Crippen LogP contribution is 2.43. The minimum absolute atomic E-state index is 0.531. The van der Waals surface area contributed by atoms with Crippen molar-refractivity contribution in [2.75, 3.05) is 6.54 Å². The number of nitrogens with one attached hydrogen (secondary N) is 1. The lowest BCUT2D eigenvalue weighted by atomic mass is 10.00. The SMILES string of the molecule is c1cc2c(o1)C(C1CC1)NCC2. The summed E-state index contributed by atoms with van der Waals surface area (Å²) >= 11 is 0. The Balaban J connectivity index is 1.97. The van der Waals surface area contributed by atoms with E-state index in [1.165, 1.54) is 24.2 Å². The average Bonchev–Trinajstić information content (AvgIpc) is 2.82. The Morgan fingerprint density at radius 3 is 3.17 bits per heavy atom. The molecule has 1 N–H and O–H groups in total. The first-order chi connectivity index (χ1) is 5.95. The van der Waals surface area contributed by atoms with Gasteiger partial charge in [0.2, 0.25) is 0 Å². The number of fused-ring (bicyclic) bond motifs is 1. The van der Waals surface area contributed by atoms with Gasteiger partial charge in [-0.1, -0.05) is 0 Å². The molecule has 2 heterocycles. The van der Waals surface area contributed by atoms with Crippen molar-refractivity contribution in [3.8, 4) is 0 Å². The topological polar surface area (TPSA) is 25.2 Å². The molecule has 1 saturated carbocycles. The summed E-state index contributed by atoms with van der Waals surface area (Å²) in [4.78, 5) is 0. The molecular weight excluding hydrogens is 150 g/mol. The molecule has 1 aliphatic heterocycles. The van der Waals surface area contributed by atoms with Crippen LogP contribution in [-0.2, 0) is 6.42 Å². The van der Waals surface area contributed by atoms with Crippen molar-refractivity contribution in [3.05, 3.63) is 23.7 Å². The minimum atomic E-state index is 0.531. The second-order valence-electron chi connectivity index (χ2n) is 3.83. The summed E-state index contributed by atoms with van der Waals surface area (Å²) in [7, 11) is 0. The van der Waals surface area contributed by atoms with E-state index in [1.807, 2.05) is 6.26 Å². The van der Waals surface area contributed by atoms with E-state index in [-0.39, 0.29) is 0 Å². The molecule has 1 fully saturated rings. The van der Waals surface area contributed by atoms with Gasteiger partial charge in [0.05, 0.1) is 12.3 Å². The van der Waals surface area contributed by atoms with E-state index in [0.29, 0.717) is 6.04 Å². The van der Waals surface area contributed by atoms with E-state index < -0.39 is 0 Å². The smallest absolute Gasteiger partial charge is 0.124 e. The highest BCUT2D eigenvalue weighted by atomic mass is 16.3. The molecular formula is C10H13NO. The molecule has 1 aromatic rings. The van der Waals surface area contributed by atoms with Crippen LogP contribution < -0.4 is 5.32 Å². The van der Waals surface area contributed by atoms with Gasteiger partial charge >= 0.3 is 0 Å². The standard InChI is InChI=1S/C10H13NO/c1-2-7(1)9-10-8(3-5-11-9)4-6-12-10/h4,6-7,9,11H,1-3,5H2. The van der Waals surface area contributed by atoms with Crippen molar-refractivity contribution < 1.29 is 4.42 Å². The first-order valence-electron chi connectivity index (χ1n) is 4.75. The quantitative estimate of drug-likeness (QED) is 0.683. The van der Waals surface area contributed by atoms with E-state index in [4.69, 9.17) is 4.42 Å². The third-order valence-corrected chi connectivity index (χ3v) is 2.92. The van der Waals surface area contributed by atoms with E-state index >= 15 is 0 Å². The first-order valence-corrected chi connectivity index (χ1v) is 4.75. The molecule has 0 radical (unpaired) electrons. The number of hydrogen-bond donors (Lipinski definition) is 1. The van der Waals surface area contributed by atoms with Gasteiger partial charge in [-0.15, -0.1) is 0 Å². The normalized spacial score (nSPS) is 28.5. The van der Waals surface area contributed by atoms with E-state index in [1.54, 1.807) is 0 Å². The fourth-order valence-electron chi connectivity index (χ4n) is 2.09. The Labute approximate surface area is 72.0 Å². The predicted octanol–water partition coefficient (Wildman–Crippen LogP) is 1.88. The molecule has 2 aliphatic rings. The van der Waals surface area contributed by atoms with Crippen LogP contribution in [0, 0.1) is 5.92 Å². The Bertz CT molecular complexity index is 288. The molecule has 0 saturated heterocycles. The van der Waals surface area contributed by atoms with E-state index in [9.17, 15) is 0 Å². The Kier molecular flexibility index (Phi) is 1.32. The monoisotopic (exact) mass is 163 g/mol. The Hall–Kier alpha value is -0.760. The molecule has 2 nitrogen and oxygen atoms in total. The van der Waals surface area contributed by atoms with Crippen LogP contribution in [0.3, 0.4) is 0 Å². The van der Waals surface area contributed by atoms with Crippen LogP contribution in [0.2, 0.25) is 0 Å². The average molecular weight is 163 g/mol. The highest BCUT2D eigenvalue weighted by Gasteiger charge is 2.36. The first kappa shape index (κ1) is 6.72. The van der Waals surface area contributed by atoms with Crippen molar-refractivity contribution in [3.63, 3.8) is 0 Å². The molecule has 0 bridgehead atoms. The zero-order valence-electron chi connectivity index (χ0n) is 7.05. The molecule has 1 atom stereocenters. The van der Waals surface area contributed by atoms with Gasteiger partial charge in [-0.05, 0) is 43.4 Å². The second-order valence-corrected chi connectivity index (χ2v) is 3.83. The molecule has 1 unspecified atom stereocenters. The third kappa shape index (κ3) is 0.911. The summed E-state index contributed by atoms with van der Waals surface area (Å²) < 4.78 is 5.51. The molecule has 1 aromatic heterocycles. The number of furan rings is 1. The lowest BCUT2D eigenvalue weighted by Crippen LogP contribution is -2.30. The highest BCUT2D eigenvalue weighted by molar-refractivity contribution is 5.24. The van der Waals surface area contributed by atoms with E-state index in [2.05, 4.69) is 11.4 Å². The molecule has 64 valence electrons. The predicted molar refractivity (Wildman–Crippen MR) is 45.9 cm³/mol. The summed E-state index contributed by atoms with van der Waals surface area (Å²) in [5.41, 5.74) is 1.42. The molecule has 0 aromatic carbocycles. The summed E-state index contributed by atoms with van der Waals surface area (Å²) in [5, 5.41) is 3.53. The zero-order valence-corrected chi connectivity index (χ0v) is 7.05. The van der Waals surface area contributed by atoms with Crippen LogP contribution in [0.15, 0.2) is 16.7 Å². The van der Waals surface area contributed by atoms with Gasteiger partial charge in [0.25, 0.3) is 0 Å². The molecule has 3 rings (SSSR count). The van der Waals surface area contributed by atoms with Gasteiger partial charge in [0, 0.05) is 0 Å². The van der Waals surface area contributed by atoms with Gasteiger partial charge < -0.3 is 9.73 Å². The fraction of sp³-hybridized carbons (Fsp3) is 0.600. The van der Waals surface area contributed by atoms with Crippen molar-refractivity contribution in [1.82, 2.24) is 5.32 Å². The molecule has 0 amide bonds. The largest absolute Gasteiger partial charge is 0.467 e. The van der Waals surface area contributed by atoms with Gasteiger partial charge in [0.1, 0.15) is 5.76 Å². The summed E-state index contributed by atoms with van der Waals surface area (Å²) in [6, 6.07) is 2.65. The van der Waals surface area contributed by atoms with Crippen molar-refractivity contribution in [2.45, 2.75) is 25.3 Å². The van der Waals surface area contributed by atoms with Crippen molar-refractivity contribution in [1.29, 1.82) is 0 Å². The summed E-state index contributed by atoms with van der Waals surface area (Å²) in [5.74, 6) is 2.07. The van der Waals surface area contributed by atoms with E-state index in [0.717, 1.165) is 18.9 Å². The molecule has 2 heteroatoms. The van der Waals surface area contributed by atoms with Gasteiger partial charge in [-0.3, -0.25) is 0 Å². The maximum absolute atomic E-state index is 5.51. The van der Waals surface area contributed by atoms with Crippen LogP contribution in [0.25, 0.3) is 0 Å². The molecule has 1 aliphatic carbocycles. The molecule has 12 heavy (non-hydrogen) atoms. The van der Waals surface area contributed by atoms with Crippen molar-refractivity contribution in [2.24, 2.45) is 5.92 Å². The Morgan fingerprint density at radius 2 is 2.33 bits per heavy atom. The maximum atomic E-state index is 5.51. The third-order valence-electron chi connectivity index (χ3n) is 2.92. The summed E-state index contributed by atoms with van der Waals surface area (Å²) in [6.07, 6.45) is 5.71. The van der Waals surface area contributed by atoms with Crippen LogP contribution in [0.5, 0.6) is 0 Å². The van der Waals surface area contributed by atoms with Crippen LogP contribution >= 0.6 is 0 Å². The van der Waals surface area contributed by atoms with Crippen molar-refractivity contribution >= 4 is 0 Å². The van der Waals surface area contributed by atoms with Gasteiger partial charge in [0.15, 0.2) is 0 Å². The summed E-state index contributed by atoms with van der Waals surface area (Å²) in [6.45, 7) is 1.12. The molecule has 0 spiro atoms. The maximum Gasteiger partial charge on any atom is 0.124 e. The van der Waals surface area contributed by atoms with Crippen LogP contribution in [0.1, 0.15) is 30.2 Å². The van der Waals surface area contributed by atoms with Crippen LogP contribution in [0.4, 0.5) is 0 Å². The number of rotatable bonds is 1. The lowest BCUT2D eigenvalue weighted by Gasteiger charge is -2.22. The number of hydrogen-bond acceptors (Lipinski definition) is 2. The fourth-order valence-corrected chi connectivity index (χ4v) is 2.09. The van der Waals surface area contributed by atoms with Crippen LogP contribution in [-0.4, -0.2) is 6.54 Å². The minimum Gasteiger partial charge on any atom is -0.467 e. The van der Waals surface area contributed by atoms with Gasteiger partial charge in [-0.25, -0.2) is 0 Å². The lowest BCUT2D eigenvalue weighted by molar-refractivity contribution is 0.363.